The first-order valence-electron chi connectivity index (χ1n) is 11.0. The molecule has 0 radical (unpaired) electrons. The number of benzene rings is 3. The summed E-state index contributed by atoms with van der Waals surface area (Å²) in [6.45, 7) is 3.69. The number of hydrogen-bond acceptors (Lipinski definition) is 4. The van der Waals surface area contributed by atoms with E-state index in [9.17, 15) is 9.18 Å². The molecule has 1 unspecified atom stereocenters. The number of carbonyl (C=O) groups is 1. The van der Waals surface area contributed by atoms with Crippen molar-refractivity contribution in [2.24, 2.45) is 5.92 Å². The van der Waals surface area contributed by atoms with Crippen LogP contribution in [-0.4, -0.2) is 43.7 Å². The van der Waals surface area contributed by atoms with E-state index in [2.05, 4.69) is 15.8 Å². The first kappa shape index (κ1) is 23.8. The molecule has 3 aromatic rings. The molecule has 8 heteroatoms. The van der Waals surface area contributed by atoms with Crippen molar-refractivity contribution in [1.82, 2.24) is 15.8 Å². The quantitative estimate of drug-likeness (QED) is 0.399. The Hall–Kier alpha value is -2.38. The molecule has 1 heterocycles. The molecule has 1 amide bonds. The lowest BCUT2D eigenvalue weighted by Crippen LogP contribution is -2.38. The molecule has 0 spiro atoms. The predicted molar refractivity (Wildman–Crippen MR) is 130 cm³/mol. The van der Waals surface area contributed by atoms with Crippen LogP contribution in [0.4, 0.5) is 4.39 Å². The van der Waals surface area contributed by atoms with Crippen molar-refractivity contribution < 1.29 is 13.9 Å². The Labute approximate surface area is 202 Å². The SMILES string of the molecule is O=C(NCC1CCN(NCCCOc2ccc(Cl)c(F)c2)C1)c1ccc2cc(Cl)ccc2c1. The van der Waals surface area contributed by atoms with Crippen LogP contribution in [0, 0.1) is 11.7 Å². The van der Waals surface area contributed by atoms with Gasteiger partial charge in [-0.2, -0.15) is 0 Å². The van der Waals surface area contributed by atoms with E-state index in [-0.39, 0.29) is 10.9 Å². The van der Waals surface area contributed by atoms with Gasteiger partial charge in [-0.3, -0.25) is 10.2 Å². The van der Waals surface area contributed by atoms with Gasteiger partial charge < -0.3 is 10.1 Å². The highest BCUT2D eigenvalue weighted by Gasteiger charge is 2.22. The Balaban J connectivity index is 1.14. The van der Waals surface area contributed by atoms with Gasteiger partial charge in [0.2, 0.25) is 0 Å². The lowest BCUT2D eigenvalue weighted by molar-refractivity contribution is 0.0946. The van der Waals surface area contributed by atoms with Gasteiger partial charge >= 0.3 is 0 Å². The molecule has 0 saturated carbocycles. The monoisotopic (exact) mass is 489 g/mol. The third-order valence-electron chi connectivity index (χ3n) is 5.72. The summed E-state index contributed by atoms with van der Waals surface area (Å²) >= 11 is 11.7. The minimum atomic E-state index is -0.479. The fourth-order valence-corrected chi connectivity index (χ4v) is 4.20. The third-order valence-corrected chi connectivity index (χ3v) is 6.26. The van der Waals surface area contributed by atoms with Gasteiger partial charge in [-0.15, -0.1) is 0 Å². The second-order valence-electron chi connectivity index (χ2n) is 8.20. The van der Waals surface area contributed by atoms with Crippen LogP contribution in [0.1, 0.15) is 23.2 Å². The Morgan fingerprint density at radius 3 is 2.76 bits per heavy atom. The number of rotatable bonds is 9. The van der Waals surface area contributed by atoms with Crippen LogP contribution in [0.5, 0.6) is 5.75 Å². The van der Waals surface area contributed by atoms with Gasteiger partial charge in [0.25, 0.3) is 5.91 Å². The summed E-state index contributed by atoms with van der Waals surface area (Å²) < 4.78 is 19.0. The van der Waals surface area contributed by atoms with E-state index in [0.717, 1.165) is 43.2 Å². The predicted octanol–water partition coefficient (Wildman–Crippen LogP) is 5.31. The van der Waals surface area contributed by atoms with Gasteiger partial charge in [0, 0.05) is 42.8 Å². The number of nitrogens with one attached hydrogen (secondary N) is 2. The lowest BCUT2D eigenvalue weighted by Gasteiger charge is -2.18. The Morgan fingerprint density at radius 1 is 1.09 bits per heavy atom. The second kappa shape index (κ2) is 11.2. The highest BCUT2D eigenvalue weighted by Crippen LogP contribution is 2.22. The standard InChI is InChI=1S/C25H26Cl2FN3O2/c26-21-5-4-18-12-20(3-2-19(18)13-21)25(32)29-15-17-8-10-31(16-17)30-9-1-11-33-22-6-7-23(27)24(28)14-22/h2-7,12-14,17,30H,1,8-11,15-16H2,(H,29,32). The number of halogens is 3. The molecule has 4 rings (SSSR count). The van der Waals surface area contributed by atoms with E-state index in [1.54, 1.807) is 6.07 Å². The smallest absolute Gasteiger partial charge is 0.251 e. The zero-order chi connectivity index (χ0) is 23.2. The molecule has 0 aromatic heterocycles. The van der Waals surface area contributed by atoms with Crippen molar-refractivity contribution >= 4 is 39.9 Å². The highest BCUT2D eigenvalue weighted by molar-refractivity contribution is 6.31. The average molecular weight is 490 g/mol. The van der Waals surface area contributed by atoms with Crippen LogP contribution in [0.25, 0.3) is 10.8 Å². The molecular formula is C25H26Cl2FN3O2. The van der Waals surface area contributed by atoms with Gasteiger partial charge in [-0.1, -0.05) is 35.3 Å². The van der Waals surface area contributed by atoms with Gasteiger partial charge in [-0.05, 0) is 65.9 Å². The molecule has 3 aromatic carbocycles. The number of ether oxygens (including phenoxy) is 1. The van der Waals surface area contributed by atoms with Gasteiger partial charge in [0.15, 0.2) is 0 Å². The summed E-state index contributed by atoms with van der Waals surface area (Å²) in [6, 6.07) is 15.7. The minimum Gasteiger partial charge on any atom is -0.493 e. The maximum atomic E-state index is 13.4. The second-order valence-corrected chi connectivity index (χ2v) is 9.05. The zero-order valence-electron chi connectivity index (χ0n) is 18.1. The van der Waals surface area contributed by atoms with Crippen molar-refractivity contribution in [3.05, 3.63) is 76.0 Å². The Morgan fingerprint density at radius 2 is 1.91 bits per heavy atom. The number of nitrogens with zero attached hydrogens (tertiary/aromatic N) is 1. The maximum Gasteiger partial charge on any atom is 0.251 e. The van der Waals surface area contributed by atoms with Gasteiger partial charge in [0.05, 0.1) is 11.6 Å². The summed E-state index contributed by atoms with van der Waals surface area (Å²) in [5.41, 5.74) is 4.05. The van der Waals surface area contributed by atoms with E-state index in [4.69, 9.17) is 27.9 Å². The van der Waals surface area contributed by atoms with Crippen LogP contribution in [0.3, 0.4) is 0 Å². The van der Waals surface area contributed by atoms with E-state index in [1.165, 1.54) is 12.1 Å². The number of hydrazine groups is 1. The van der Waals surface area contributed by atoms with Crippen LogP contribution < -0.4 is 15.5 Å². The topological polar surface area (TPSA) is 53.6 Å². The number of amides is 1. The average Bonchev–Trinajstić information content (AvgIpc) is 3.27. The van der Waals surface area contributed by atoms with Crippen LogP contribution in [0.2, 0.25) is 10.0 Å². The lowest BCUT2D eigenvalue weighted by atomic mass is 10.1. The minimum absolute atomic E-state index is 0.0611. The van der Waals surface area contributed by atoms with Gasteiger partial charge in [-0.25, -0.2) is 9.40 Å². The number of hydrogen-bond donors (Lipinski definition) is 2. The van der Waals surface area contributed by atoms with Crippen molar-refractivity contribution in [2.75, 3.05) is 32.8 Å². The highest BCUT2D eigenvalue weighted by atomic mass is 35.5. The zero-order valence-corrected chi connectivity index (χ0v) is 19.6. The molecule has 174 valence electrons. The molecule has 1 aliphatic heterocycles. The molecule has 1 fully saturated rings. The molecule has 33 heavy (non-hydrogen) atoms. The largest absolute Gasteiger partial charge is 0.493 e. The van der Waals surface area contributed by atoms with Crippen molar-refractivity contribution in [3.8, 4) is 5.75 Å². The van der Waals surface area contributed by atoms with Crippen LogP contribution in [0.15, 0.2) is 54.6 Å². The Bertz CT molecular complexity index is 1130. The molecule has 1 atom stereocenters. The summed E-state index contributed by atoms with van der Waals surface area (Å²) in [7, 11) is 0. The van der Waals surface area contributed by atoms with E-state index in [0.29, 0.717) is 35.4 Å². The molecule has 1 saturated heterocycles. The van der Waals surface area contributed by atoms with E-state index in [1.807, 2.05) is 36.4 Å². The van der Waals surface area contributed by atoms with Crippen LogP contribution >= 0.6 is 23.2 Å². The normalized spacial score (nSPS) is 16.3. The fraction of sp³-hybridized carbons (Fsp3) is 0.320. The molecule has 0 aliphatic carbocycles. The first-order valence-corrected chi connectivity index (χ1v) is 11.8. The molecule has 1 aliphatic rings. The number of fused-ring (bicyclic) bond motifs is 1. The molecule has 0 bridgehead atoms. The van der Waals surface area contributed by atoms with E-state index >= 15 is 0 Å². The molecule has 2 N–H and O–H groups in total. The van der Waals surface area contributed by atoms with Crippen LogP contribution in [-0.2, 0) is 0 Å². The molecular weight excluding hydrogens is 464 g/mol. The maximum absolute atomic E-state index is 13.4. The molecule has 5 nitrogen and oxygen atoms in total. The fourth-order valence-electron chi connectivity index (χ4n) is 3.91. The summed E-state index contributed by atoms with van der Waals surface area (Å²) in [6.07, 6.45) is 1.80. The van der Waals surface area contributed by atoms with Crippen molar-refractivity contribution in [3.63, 3.8) is 0 Å². The third kappa shape index (κ3) is 6.58. The van der Waals surface area contributed by atoms with Gasteiger partial charge in [0.1, 0.15) is 11.6 Å². The number of carbonyl (C=O) groups excluding carboxylic acids is 1. The van der Waals surface area contributed by atoms with Crippen molar-refractivity contribution in [1.29, 1.82) is 0 Å². The van der Waals surface area contributed by atoms with E-state index < -0.39 is 5.82 Å². The first-order chi connectivity index (χ1) is 16.0. The summed E-state index contributed by atoms with van der Waals surface area (Å²) in [5.74, 6) is 0.333. The summed E-state index contributed by atoms with van der Waals surface area (Å²) in [4.78, 5) is 12.6. The van der Waals surface area contributed by atoms with Crippen molar-refractivity contribution in [2.45, 2.75) is 12.8 Å². The Kier molecular flexibility index (Phi) is 8.04. The summed E-state index contributed by atoms with van der Waals surface area (Å²) in [5, 5.41) is 8.02.